The summed E-state index contributed by atoms with van der Waals surface area (Å²) in [6.45, 7) is -0.335. The van der Waals surface area contributed by atoms with Crippen molar-refractivity contribution in [2.45, 2.75) is 43.8 Å². The topological polar surface area (TPSA) is 216 Å². The highest BCUT2D eigenvalue weighted by molar-refractivity contribution is 5.94. The fourth-order valence-electron chi connectivity index (χ4n) is 2.66. The molecule has 0 bridgehead atoms. The number of aliphatic carboxylic acids is 3. The number of carboxylic acid groups (broad SMARTS) is 3. The van der Waals surface area contributed by atoms with Crippen molar-refractivity contribution in [2.24, 2.45) is 5.73 Å². The van der Waals surface area contributed by atoms with Crippen molar-refractivity contribution in [2.75, 3.05) is 13.1 Å². The summed E-state index contributed by atoms with van der Waals surface area (Å²) in [4.78, 5) is 69.6. The second kappa shape index (κ2) is 10.2. The highest BCUT2D eigenvalue weighted by Gasteiger charge is 2.36. The normalized spacial score (nSPS) is 18.0. The Bertz CT molecular complexity index is 666. The maximum absolute atomic E-state index is 12.3. The Kier molecular flexibility index (Phi) is 8.31. The number of hydrogen-bond donors (Lipinski definition) is 6. The smallest absolute Gasteiger partial charge is 0.326 e. The van der Waals surface area contributed by atoms with E-state index in [-0.39, 0.29) is 13.0 Å². The zero-order valence-corrected chi connectivity index (χ0v) is 14.8. The zero-order valence-electron chi connectivity index (χ0n) is 14.8. The van der Waals surface area contributed by atoms with E-state index in [4.69, 9.17) is 21.1 Å². The molecule has 1 saturated heterocycles. The third-order valence-corrected chi connectivity index (χ3v) is 4.01. The highest BCUT2D eigenvalue weighted by Crippen LogP contribution is 2.17. The molecule has 156 valence electrons. The molecule has 0 aliphatic carbocycles. The summed E-state index contributed by atoms with van der Waals surface area (Å²) in [6, 6.07) is -3.99. The predicted molar refractivity (Wildman–Crippen MR) is 89.8 cm³/mol. The number of likely N-dealkylation sites (tertiary alicyclic amines) is 1. The van der Waals surface area contributed by atoms with Crippen LogP contribution in [-0.2, 0) is 28.8 Å². The molecule has 1 aliphatic heterocycles. The van der Waals surface area contributed by atoms with Gasteiger partial charge in [-0.15, -0.1) is 0 Å². The number of carbonyl (C=O) groups is 6. The molecule has 1 fully saturated rings. The molecular weight excluding hydrogens is 380 g/mol. The van der Waals surface area contributed by atoms with Gasteiger partial charge in [0, 0.05) is 6.54 Å². The molecule has 7 N–H and O–H groups in total. The third kappa shape index (κ3) is 6.83. The molecule has 1 rings (SSSR count). The largest absolute Gasteiger partial charge is 0.481 e. The van der Waals surface area contributed by atoms with Gasteiger partial charge in [-0.2, -0.15) is 0 Å². The van der Waals surface area contributed by atoms with E-state index in [1.807, 2.05) is 0 Å². The molecule has 0 aromatic carbocycles. The Morgan fingerprint density at radius 2 is 1.64 bits per heavy atom. The van der Waals surface area contributed by atoms with Gasteiger partial charge >= 0.3 is 17.9 Å². The molecule has 3 unspecified atom stereocenters. The van der Waals surface area contributed by atoms with Gasteiger partial charge in [-0.05, 0) is 12.8 Å². The minimum atomic E-state index is -1.64. The fraction of sp³-hybridized carbons (Fsp3) is 0.600. The van der Waals surface area contributed by atoms with E-state index in [1.165, 1.54) is 0 Å². The first-order valence-electron chi connectivity index (χ1n) is 8.32. The number of nitrogens with one attached hydrogen (secondary N) is 2. The van der Waals surface area contributed by atoms with E-state index in [0.29, 0.717) is 6.42 Å². The van der Waals surface area contributed by atoms with E-state index in [9.17, 15) is 28.8 Å². The summed E-state index contributed by atoms with van der Waals surface area (Å²) in [6.07, 6.45) is -0.745. The number of carbonyl (C=O) groups excluding carboxylic acids is 3. The van der Waals surface area contributed by atoms with Crippen LogP contribution < -0.4 is 16.4 Å². The molecule has 3 atom stereocenters. The van der Waals surface area contributed by atoms with Crippen LogP contribution in [0.2, 0.25) is 0 Å². The van der Waals surface area contributed by atoms with Gasteiger partial charge < -0.3 is 36.6 Å². The molecule has 0 aromatic heterocycles. The lowest BCUT2D eigenvalue weighted by molar-refractivity contribution is -0.148. The van der Waals surface area contributed by atoms with Gasteiger partial charge in [-0.1, -0.05) is 0 Å². The quantitative estimate of drug-likeness (QED) is 0.217. The van der Waals surface area contributed by atoms with Crippen LogP contribution in [-0.4, -0.2) is 87.1 Å². The van der Waals surface area contributed by atoms with Crippen LogP contribution in [0.4, 0.5) is 0 Å². The standard InChI is InChI=1S/C15H22N4O9/c16-7(4-11(21)22)13(25)17-6-10(20)19-3-1-2-9(19)14(26)18-8(15(27)28)5-12(23)24/h7-9H,1-6,16H2,(H,17,25)(H,18,26)(H,21,22)(H,23,24)(H,27,28). The van der Waals surface area contributed by atoms with Gasteiger partial charge in [0.05, 0.1) is 25.4 Å². The Balaban J connectivity index is 2.65. The number of amides is 3. The zero-order chi connectivity index (χ0) is 21.4. The van der Waals surface area contributed by atoms with Gasteiger partial charge in [-0.3, -0.25) is 24.0 Å². The van der Waals surface area contributed by atoms with Crippen molar-refractivity contribution in [3.63, 3.8) is 0 Å². The maximum Gasteiger partial charge on any atom is 0.326 e. The van der Waals surface area contributed by atoms with E-state index >= 15 is 0 Å². The molecule has 28 heavy (non-hydrogen) atoms. The Morgan fingerprint density at radius 1 is 1.04 bits per heavy atom. The molecule has 13 heteroatoms. The summed E-state index contributed by atoms with van der Waals surface area (Å²) in [5, 5.41) is 30.6. The van der Waals surface area contributed by atoms with Crippen LogP contribution in [0.15, 0.2) is 0 Å². The fourth-order valence-corrected chi connectivity index (χ4v) is 2.66. The first kappa shape index (κ1) is 22.8. The number of hydrogen-bond acceptors (Lipinski definition) is 7. The van der Waals surface area contributed by atoms with Gasteiger partial charge in [-0.25, -0.2) is 4.79 Å². The van der Waals surface area contributed by atoms with Crippen molar-refractivity contribution in [3.8, 4) is 0 Å². The third-order valence-electron chi connectivity index (χ3n) is 4.01. The average molecular weight is 402 g/mol. The van der Waals surface area contributed by atoms with Gasteiger partial charge in [0.15, 0.2) is 0 Å². The molecule has 3 amide bonds. The lowest BCUT2D eigenvalue weighted by Crippen LogP contribution is -2.53. The van der Waals surface area contributed by atoms with E-state index in [2.05, 4.69) is 10.6 Å². The minimum Gasteiger partial charge on any atom is -0.481 e. The molecule has 0 spiro atoms. The number of nitrogens with two attached hydrogens (primary N) is 1. The molecule has 1 aliphatic rings. The predicted octanol–water partition coefficient (Wildman–Crippen LogP) is -3.06. The summed E-state index contributed by atoms with van der Waals surface area (Å²) in [5.41, 5.74) is 5.37. The number of carboxylic acids is 3. The molecule has 0 radical (unpaired) electrons. The van der Waals surface area contributed by atoms with E-state index in [0.717, 1.165) is 4.90 Å². The highest BCUT2D eigenvalue weighted by atomic mass is 16.4. The Hall–Kier alpha value is -3.22. The summed E-state index contributed by atoms with van der Waals surface area (Å²) >= 11 is 0. The second-order valence-corrected chi connectivity index (χ2v) is 6.16. The van der Waals surface area contributed by atoms with Crippen molar-refractivity contribution < 1.29 is 44.1 Å². The van der Waals surface area contributed by atoms with Crippen LogP contribution in [0.3, 0.4) is 0 Å². The number of rotatable bonds is 10. The molecule has 0 saturated carbocycles. The Labute approximate surface area is 158 Å². The summed E-state index contributed by atoms with van der Waals surface area (Å²) in [7, 11) is 0. The van der Waals surface area contributed by atoms with Gasteiger partial charge in [0.25, 0.3) is 0 Å². The van der Waals surface area contributed by atoms with Crippen LogP contribution in [0.25, 0.3) is 0 Å². The average Bonchev–Trinajstić information content (AvgIpc) is 3.07. The summed E-state index contributed by atoms with van der Waals surface area (Å²) < 4.78 is 0. The van der Waals surface area contributed by atoms with Crippen molar-refractivity contribution in [1.29, 1.82) is 0 Å². The van der Waals surface area contributed by atoms with Crippen molar-refractivity contribution in [1.82, 2.24) is 15.5 Å². The lowest BCUT2D eigenvalue weighted by Gasteiger charge is -2.25. The van der Waals surface area contributed by atoms with Crippen molar-refractivity contribution >= 4 is 35.6 Å². The van der Waals surface area contributed by atoms with Crippen LogP contribution in [0, 0.1) is 0 Å². The molecule has 1 heterocycles. The van der Waals surface area contributed by atoms with Crippen LogP contribution in [0.1, 0.15) is 25.7 Å². The SMILES string of the molecule is NC(CC(=O)O)C(=O)NCC(=O)N1CCCC1C(=O)NC(CC(=O)O)C(=O)O. The van der Waals surface area contributed by atoms with E-state index in [1.54, 1.807) is 0 Å². The minimum absolute atomic E-state index is 0.185. The lowest BCUT2D eigenvalue weighted by atomic mass is 10.1. The van der Waals surface area contributed by atoms with Crippen LogP contribution >= 0.6 is 0 Å². The monoisotopic (exact) mass is 402 g/mol. The molecule has 0 aromatic rings. The van der Waals surface area contributed by atoms with Gasteiger partial charge in [0.1, 0.15) is 12.1 Å². The van der Waals surface area contributed by atoms with E-state index < -0.39 is 73.1 Å². The Morgan fingerprint density at radius 3 is 2.18 bits per heavy atom. The maximum atomic E-state index is 12.3. The molecule has 13 nitrogen and oxygen atoms in total. The summed E-state index contributed by atoms with van der Waals surface area (Å²) in [5.74, 6) is -6.51. The second-order valence-electron chi connectivity index (χ2n) is 6.16. The number of nitrogens with zero attached hydrogens (tertiary/aromatic N) is 1. The van der Waals surface area contributed by atoms with Gasteiger partial charge in [0.2, 0.25) is 17.7 Å². The first-order chi connectivity index (χ1) is 13.0. The first-order valence-corrected chi connectivity index (χ1v) is 8.32. The molecular formula is C15H22N4O9. The van der Waals surface area contributed by atoms with Crippen molar-refractivity contribution in [3.05, 3.63) is 0 Å². The van der Waals surface area contributed by atoms with Crippen LogP contribution in [0.5, 0.6) is 0 Å².